The van der Waals surface area contributed by atoms with Crippen LogP contribution in [0.2, 0.25) is 0 Å². The van der Waals surface area contributed by atoms with Crippen LogP contribution in [-0.2, 0) is 6.54 Å². The Balaban J connectivity index is 1.59. The van der Waals surface area contributed by atoms with Crippen molar-refractivity contribution in [1.82, 2.24) is 9.55 Å². The molecule has 0 saturated carbocycles. The molecule has 0 aliphatic carbocycles. The molecule has 0 saturated heterocycles. The maximum atomic E-state index is 13.2. The van der Waals surface area contributed by atoms with Crippen molar-refractivity contribution < 1.29 is 19.1 Å². The van der Waals surface area contributed by atoms with Crippen molar-refractivity contribution in [3.8, 4) is 6.07 Å². The van der Waals surface area contributed by atoms with Gasteiger partial charge in [-0.05, 0) is 87.4 Å². The summed E-state index contributed by atoms with van der Waals surface area (Å²) in [6.45, 7) is 5.56. The first-order chi connectivity index (χ1) is 18.0. The second kappa shape index (κ2) is 10.7. The number of carbonyl (C=O) groups is 2. The molecule has 3 amide bonds. The van der Waals surface area contributed by atoms with Gasteiger partial charge in [0.15, 0.2) is 0 Å². The number of imidazole rings is 1. The van der Waals surface area contributed by atoms with E-state index in [0.717, 1.165) is 5.56 Å². The van der Waals surface area contributed by atoms with Crippen LogP contribution in [0.3, 0.4) is 0 Å². The number of fused-ring (bicyclic) bond motifs is 1. The van der Waals surface area contributed by atoms with E-state index in [2.05, 4.69) is 27.0 Å². The van der Waals surface area contributed by atoms with Crippen molar-refractivity contribution in [1.29, 1.82) is 5.26 Å². The maximum absolute atomic E-state index is 13.2. The summed E-state index contributed by atoms with van der Waals surface area (Å²) >= 11 is 0. The van der Waals surface area contributed by atoms with Crippen LogP contribution in [-0.4, -0.2) is 32.2 Å². The Morgan fingerprint density at radius 3 is 2.39 bits per heavy atom. The Bertz CT molecular complexity index is 1550. The lowest BCUT2D eigenvalue weighted by Gasteiger charge is -2.18. The zero-order valence-corrected chi connectivity index (χ0v) is 21.2. The number of nitriles is 1. The summed E-state index contributed by atoms with van der Waals surface area (Å²) in [4.78, 5) is 29.9. The molecule has 4 N–H and O–H groups in total. The number of nitrogens with one attached hydrogen (secondary N) is 3. The fourth-order valence-electron chi connectivity index (χ4n) is 3.80. The minimum Gasteiger partial charge on any atom is -0.390 e. The van der Waals surface area contributed by atoms with E-state index >= 15 is 0 Å². The fourth-order valence-corrected chi connectivity index (χ4v) is 3.80. The van der Waals surface area contributed by atoms with Gasteiger partial charge in [0.1, 0.15) is 5.82 Å². The topological polar surface area (TPSA) is 132 Å². The van der Waals surface area contributed by atoms with Crippen LogP contribution in [0.1, 0.15) is 41.8 Å². The van der Waals surface area contributed by atoms with E-state index in [9.17, 15) is 24.3 Å². The fraction of sp³-hybridized carbons (Fsp3) is 0.214. The van der Waals surface area contributed by atoms with Crippen LogP contribution in [0.4, 0.5) is 26.5 Å². The number of aromatic nitrogens is 2. The lowest BCUT2D eigenvalue weighted by Crippen LogP contribution is -2.24. The number of amides is 3. The molecular formula is C28H27FN6O3. The predicted molar refractivity (Wildman–Crippen MR) is 144 cm³/mol. The van der Waals surface area contributed by atoms with Gasteiger partial charge in [-0.15, -0.1) is 0 Å². The van der Waals surface area contributed by atoms with Crippen molar-refractivity contribution in [2.75, 3.05) is 16.0 Å². The summed E-state index contributed by atoms with van der Waals surface area (Å²) in [7, 11) is 0. The molecule has 0 radical (unpaired) electrons. The molecule has 9 nitrogen and oxygen atoms in total. The molecule has 0 bridgehead atoms. The highest BCUT2D eigenvalue weighted by atomic mass is 19.1. The number of urea groups is 1. The van der Waals surface area contributed by atoms with E-state index in [4.69, 9.17) is 0 Å². The first-order valence-electron chi connectivity index (χ1n) is 11.9. The SMILES string of the molecule is Cc1ccc(NC(=O)Nc2nc3cc(NC(=O)c4ccc(F)cc4)ccc3n2CCC(C)(C)O)cc1C#N. The van der Waals surface area contributed by atoms with E-state index in [1.165, 1.54) is 24.3 Å². The first kappa shape index (κ1) is 26.3. The molecule has 0 aliphatic heterocycles. The standard InChI is InChI=1S/C28H27FN6O3/c1-17-4-9-21(14-19(17)16-30)32-27(37)34-26-33-23-15-22(31-25(36)18-5-7-20(29)8-6-18)10-11-24(23)35(26)13-12-28(2,3)38/h4-11,14-15,38H,12-13H2,1-3H3,(H,31,36)(H2,32,33,34,37). The van der Waals surface area contributed by atoms with Crippen molar-refractivity contribution in [2.24, 2.45) is 0 Å². The summed E-state index contributed by atoms with van der Waals surface area (Å²) in [5.41, 5.74) is 2.73. The van der Waals surface area contributed by atoms with Gasteiger partial charge >= 0.3 is 6.03 Å². The second-order valence-corrected chi connectivity index (χ2v) is 9.53. The zero-order chi connectivity index (χ0) is 27.4. The number of hydrogen-bond acceptors (Lipinski definition) is 5. The molecule has 38 heavy (non-hydrogen) atoms. The smallest absolute Gasteiger partial charge is 0.326 e. The Hall–Kier alpha value is -4.75. The van der Waals surface area contributed by atoms with Gasteiger partial charge in [-0.3, -0.25) is 10.1 Å². The summed E-state index contributed by atoms with van der Waals surface area (Å²) in [5, 5.41) is 27.7. The minimum absolute atomic E-state index is 0.247. The van der Waals surface area contributed by atoms with E-state index < -0.39 is 23.4 Å². The number of benzene rings is 3. The molecule has 0 unspecified atom stereocenters. The van der Waals surface area contributed by atoms with Crippen molar-refractivity contribution in [3.63, 3.8) is 0 Å². The van der Waals surface area contributed by atoms with Gasteiger partial charge in [-0.2, -0.15) is 5.26 Å². The highest BCUT2D eigenvalue weighted by molar-refractivity contribution is 6.05. The third kappa shape index (κ3) is 6.32. The molecule has 0 fully saturated rings. The van der Waals surface area contributed by atoms with Crippen LogP contribution >= 0.6 is 0 Å². The Labute approximate surface area is 218 Å². The summed E-state index contributed by atoms with van der Waals surface area (Å²) in [6, 6.07) is 16.9. The molecule has 194 valence electrons. The van der Waals surface area contributed by atoms with Gasteiger partial charge in [0.25, 0.3) is 5.91 Å². The van der Waals surface area contributed by atoms with Crippen molar-refractivity contribution >= 4 is 40.3 Å². The molecule has 1 heterocycles. The van der Waals surface area contributed by atoms with Gasteiger partial charge in [-0.25, -0.2) is 14.2 Å². The van der Waals surface area contributed by atoms with E-state index in [1.807, 2.05) is 6.92 Å². The number of aryl methyl sites for hydroxylation is 2. The molecule has 0 aliphatic rings. The molecule has 0 spiro atoms. The van der Waals surface area contributed by atoms with Crippen LogP contribution < -0.4 is 16.0 Å². The normalized spacial score (nSPS) is 11.2. The number of hydrogen-bond donors (Lipinski definition) is 4. The molecule has 4 rings (SSSR count). The largest absolute Gasteiger partial charge is 0.390 e. The van der Waals surface area contributed by atoms with Gasteiger partial charge in [0, 0.05) is 23.5 Å². The molecule has 3 aromatic carbocycles. The van der Waals surface area contributed by atoms with Crippen LogP contribution in [0.5, 0.6) is 0 Å². The van der Waals surface area contributed by atoms with Crippen molar-refractivity contribution in [3.05, 3.63) is 83.2 Å². The van der Waals surface area contributed by atoms with E-state index in [0.29, 0.717) is 46.5 Å². The number of carbonyl (C=O) groups excluding carboxylic acids is 2. The highest BCUT2D eigenvalue weighted by Gasteiger charge is 2.19. The Morgan fingerprint density at radius 2 is 1.71 bits per heavy atom. The third-order valence-corrected chi connectivity index (χ3v) is 5.90. The van der Waals surface area contributed by atoms with E-state index in [-0.39, 0.29) is 5.95 Å². The number of rotatable bonds is 7. The quantitative estimate of drug-likeness (QED) is 0.262. The predicted octanol–water partition coefficient (Wildman–Crippen LogP) is 5.41. The third-order valence-electron chi connectivity index (χ3n) is 5.90. The van der Waals surface area contributed by atoms with Crippen LogP contribution in [0, 0.1) is 24.1 Å². The van der Waals surface area contributed by atoms with Gasteiger partial charge in [0.05, 0.1) is 28.3 Å². The Morgan fingerprint density at radius 1 is 1.03 bits per heavy atom. The van der Waals surface area contributed by atoms with Crippen LogP contribution in [0.25, 0.3) is 11.0 Å². The van der Waals surface area contributed by atoms with E-state index in [1.54, 1.807) is 54.8 Å². The molecular weight excluding hydrogens is 487 g/mol. The summed E-state index contributed by atoms with van der Waals surface area (Å²) in [6.07, 6.45) is 0.390. The number of halogens is 1. The summed E-state index contributed by atoms with van der Waals surface area (Å²) < 4.78 is 15.0. The average molecular weight is 515 g/mol. The molecule has 10 heteroatoms. The van der Waals surface area contributed by atoms with Crippen LogP contribution in [0.15, 0.2) is 60.7 Å². The summed E-state index contributed by atoms with van der Waals surface area (Å²) in [5.74, 6) is -0.591. The number of aliphatic hydroxyl groups is 1. The second-order valence-electron chi connectivity index (χ2n) is 9.53. The lowest BCUT2D eigenvalue weighted by atomic mass is 10.1. The first-order valence-corrected chi connectivity index (χ1v) is 11.9. The van der Waals surface area contributed by atoms with Gasteiger partial charge in [0.2, 0.25) is 5.95 Å². The van der Waals surface area contributed by atoms with Crippen molar-refractivity contribution in [2.45, 2.75) is 39.3 Å². The van der Waals surface area contributed by atoms with Gasteiger partial charge < -0.3 is 20.3 Å². The van der Waals surface area contributed by atoms with Gasteiger partial charge in [-0.1, -0.05) is 6.07 Å². The number of anilines is 3. The minimum atomic E-state index is -0.950. The average Bonchev–Trinajstić information content (AvgIpc) is 3.19. The monoisotopic (exact) mass is 514 g/mol. The number of nitrogens with zero attached hydrogens (tertiary/aromatic N) is 3. The molecule has 1 aromatic heterocycles. The zero-order valence-electron chi connectivity index (χ0n) is 21.2. The molecule has 4 aromatic rings. The maximum Gasteiger partial charge on any atom is 0.326 e. The highest BCUT2D eigenvalue weighted by Crippen LogP contribution is 2.26. The lowest BCUT2D eigenvalue weighted by molar-refractivity contribution is 0.0667. The molecule has 0 atom stereocenters. The Kier molecular flexibility index (Phi) is 7.41.